The van der Waals surface area contributed by atoms with Crippen LogP contribution in [0.3, 0.4) is 0 Å². The van der Waals surface area contributed by atoms with Crippen molar-refractivity contribution in [1.82, 2.24) is 0 Å². The highest BCUT2D eigenvalue weighted by atomic mass is 19.4. The molecular weight excluding hydrogens is 347 g/mol. The van der Waals surface area contributed by atoms with Crippen molar-refractivity contribution in [3.8, 4) is 5.75 Å². The maximum absolute atomic E-state index is 12.7. The standard InChI is InChI=1S/C19H16F3NO3/c1-12(13-5-3-2-4-6-13)16-11-17(24)23(18(16)25)14-7-9-15(10-8-14)26-19(20,21)22/h2-10,12,16H,11H2,1H3/t12-,16-/m0/s1. The number of benzene rings is 2. The van der Waals surface area contributed by atoms with Gasteiger partial charge in [-0.2, -0.15) is 0 Å². The van der Waals surface area contributed by atoms with E-state index >= 15 is 0 Å². The first-order valence-corrected chi connectivity index (χ1v) is 8.04. The number of amides is 2. The minimum absolute atomic E-state index is 0.0652. The van der Waals surface area contributed by atoms with Crippen LogP contribution in [0.1, 0.15) is 24.8 Å². The van der Waals surface area contributed by atoms with Gasteiger partial charge in [-0.1, -0.05) is 37.3 Å². The van der Waals surface area contributed by atoms with Gasteiger partial charge in [-0.3, -0.25) is 14.5 Å². The summed E-state index contributed by atoms with van der Waals surface area (Å²) in [6.45, 7) is 1.88. The number of hydrogen-bond donors (Lipinski definition) is 0. The van der Waals surface area contributed by atoms with Gasteiger partial charge in [0.15, 0.2) is 0 Å². The average Bonchev–Trinajstić information content (AvgIpc) is 2.89. The summed E-state index contributed by atoms with van der Waals surface area (Å²) in [5, 5.41) is 0. The molecule has 1 fully saturated rings. The van der Waals surface area contributed by atoms with Gasteiger partial charge in [-0.05, 0) is 35.7 Å². The topological polar surface area (TPSA) is 46.6 Å². The smallest absolute Gasteiger partial charge is 0.406 e. The van der Waals surface area contributed by atoms with E-state index < -0.39 is 18.0 Å². The molecule has 1 saturated heterocycles. The van der Waals surface area contributed by atoms with Crippen molar-refractivity contribution < 1.29 is 27.5 Å². The van der Waals surface area contributed by atoms with Crippen LogP contribution in [0.4, 0.5) is 18.9 Å². The molecule has 0 unspecified atom stereocenters. The summed E-state index contributed by atoms with van der Waals surface area (Å²) in [5.41, 5.74) is 1.19. The Balaban J connectivity index is 1.79. The molecule has 136 valence electrons. The van der Waals surface area contributed by atoms with Crippen LogP contribution in [-0.4, -0.2) is 18.2 Å². The van der Waals surface area contributed by atoms with E-state index in [4.69, 9.17) is 0 Å². The van der Waals surface area contributed by atoms with Gasteiger partial charge < -0.3 is 4.74 Å². The van der Waals surface area contributed by atoms with Gasteiger partial charge >= 0.3 is 6.36 Å². The third-order valence-electron chi connectivity index (χ3n) is 4.44. The van der Waals surface area contributed by atoms with Crippen molar-refractivity contribution in [2.75, 3.05) is 4.90 Å². The molecule has 0 saturated carbocycles. The number of anilines is 1. The molecule has 4 nitrogen and oxygen atoms in total. The third-order valence-corrected chi connectivity index (χ3v) is 4.44. The molecule has 1 heterocycles. The van der Waals surface area contributed by atoms with E-state index in [9.17, 15) is 22.8 Å². The van der Waals surface area contributed by atoms with Crippen molar-refractivity contribution in [1.29, 1.82) is 0 Å². The van der Waals surface area contributed by atoms with Gasteiger partial charge in [0, 0.05) is 6.42 Å². The lowest BCUT2D eigenvalue weighted by Crippen LogP contribution is -2.31. The van der Waals surface area contributed by atoms with Gasteiger partial charge in [0.2, 0.25) is 11.8 Å². The summed E-state index contributed by atoms with van der Waals surface area (Å²) in [7, 11) is 0. The zero-order valence-electron chi connectivity index (χ0n) is 13.9. The molecule has 2 amide bonds. The molecule has 0 aliphatic carbocycles. The highest BCUT2D eigenvalue weighted by Gasteiger charge is 2.42. The zero-order chi connectivity index (χ0) is 18.9. The molecule has 0 aromatic heterocycles. The number of rotatable bonds is 4. The van der Waals surface area contributed by atoms with E-state index in [0.29, 0.717) is 0 Å². The molecule has 1 aliphatic heterocycles. The second-order valence-corrected chi connectivity index (χ2v) is 6.12. The number of carbonyl (C=O) groups excluding carboxylic acids is 2. The minimum Gasteiger partial charge on any atom is -0.406 e. The molecular formula is C19H16F3NO3. The fourth-order valence-corrected chi connectivity index (χ4v) is 3.10. The first-order chi connectivity index (χ1) is 12.3. The van der Waals surface area contributed by atoms with Gasteiger partial charge in [0.05, 0.1) is 11.6 Å². The van der Waals surface area contributed by atoms with Gasteiger partial charge in [-0.15, -0.1) is 13.2 Å². The fourth-order valence-electron chi connectivity index (χ4n) is 3.10. The van der Waals surface area contributed by atoms with Crippen LogP contribution < -0.4 is 9.64 Å². The molecule has 3 rings (SSSR count). The van der Waals surface area contributed by atoms with Crippen LogP contribution in [0.2, 0.25) is 0 Å². The van der Waals surface area contributed by atoms with E-state index in [1.165, 1.54) is 12.1 Å². The molecule has 0 radical (unpaired) electrons. The molecule has 2 atom stereocenters. The minimum atomic E-state index is -4.79. The van der Waals surface area contributed by atoms with Crippen LogP contribution in [0.15, 0.2) is 54.6 Å². The molecule has 0 bridgehead atoms. The highest BCUT2D eigenvalue weighted by molar-refractivity contribution is 6.21. The Morgan fingerprint density at radius 2 is 1.65 bits per heavy atom. The second kappa shape index (κ2) is 6.82. The Labute approximate surface area is 148 Å². The number of hydrogen-bond acceptors (Lipinski definition) is 3. The molecule has 2 aromatic rings. The van der Waals surface area contributed by atoms with E-state index in [1.54, 1.807) is 0 Å². The van der Waals surface area contributed by atoms with Crippen molar-refractivity contribution in [2.45, 2.75) is 25.6 Å². The van der Waals surface area contributed by atoms with E-state index in [1.807, 2.05) is 37.3 Å². The predicted octanol–water partition coefficient (Wildman–Crippen LogP) is 4.27. The maximum atomic E-state index is 12.7. The number of imide groups is 1. The van der Waals surface area contributed by atoms with Crippen LogP contribution >= 0.6 is 0 Å². The summed E-state index contributed by atoms with van der Waals surface area (Å²) in [6, 6.07) is 14.1. The lowest BCUT2D eigenvalue weighted by atomic mass is 9.86. The summed E-state index contributed by atoms with van der Waals surface area (Å²) in [6.07, 6.45) is -4.73. The third kappa shape index (κ3) is 3.71. The van der Waals surface area contributed by atoms with Crippen LogP contribution in [0.25, 0.3) is 0 Å². The van der Waals surface area contributed by atoms with Crippen LogP contribution in [0, 0.1) is 5.92 Å². The van der Waals surface area contributed by atoms with E-state index in [-0.39, 0.29) is 29.8 Å². The van der Waals surface area contributed by atoms with Gasteiger partial charge in [-0.25, -0.2) is 0 Å². The predicted molar refractivity (Wildman–Crippen MR) is 88.6 cm³/mol. The van der Waals surface area contributed by atoms with Crippen LogP contribution in [-0.2, 0) is 9.59 Å². The number of alkyl halides is 3. The Hall–Kier alpha value is -2.83. The SMILES string of the molecule is C[C@@H](c1ccccc1)[C@@H]1CC(=O)N(c2ccc(OC(F)(F)F)cc2)C1=O. The van der Waals surface area contributed by atoms with Crippen LogP contribution in [0.5, 0.6) is 5.75 Å². The summed E-state index contributed by atoms with van der Waals surface area (Å²) >= 11 is 0. The zero-order valence-corrected chi connectivity index (χ0v) is 13.9. The van der Waals surface area contributed by atoms with Crippen molar-refractivity contribution in [3.63, 3.8) is 0 Å². The van der Waals surface area contributed by atoms with Crippen molar-refractivity contribution in [2.24, 2.45) is 5.92 Å². The molecule has 2 aromatic carbocycles. The monoisotopic (exact) mass is 363 g/mol. The first-order valence-electron chi connectivity index (χ1n) is 8.04. The summed E-state index contributed by atoms with van der Waals surface area (Å²) < 4.78 is 40.5. The highest BCUT2D eigenvalue weighted by Crippen LogP contribution is 2.36. The quantitative estimate of drug-likeness (QED) is 0.762. The van der Waals surface area contributed by atoms with Gasteiger partial charge in [0.1, 0.15) is 5.75 Å². The van der Waals surface area contributed by atoms with Crippen molar-refractivity contribution >= 4 is 17.5 Å². The average molecular weight is 363 g/mol. The first kappa shape index (κ1) is 18.0. The van der Waals surface area contributed by atoms with Gasteiger partial charge in [0.25, 0.3) is 0 Å². The van der Waals surface area contributed by atoms with Crippen molar-refractivity contribution in [3.05, 3.63) is 60.2 Å². The summed E-state index contributed by atoms with van der Waals surface area (Å²) in [5.74, 6) is -1.78. The Morgan fingerprint density at radius 3 is 2.23 bits per heavy atom. The normalized spacial score (nSPS) is 18.9. The molecule has 0 N–H and O–H groups in total. The number of nitrogens with zero attached hydrogens (tertiary/aromatic N) is 1. The Morgan fingerprint density at radius 1 is 1.04 bits per heavy atom. The molecule has 26 heavy (non-hydrogen) atoms. The molecule has 1 aliphatic rings. The maximum Gasteiger partial charge on any atom is 0.573 e. The van der Waals surface area contributed by atoms with E-state index in [0.717, 1.165) is 22.6 Å². The van der Waals surface area contributed by atoms with E-state index in [2.05, 4.69) is 4.74 Å². The second-order valence-electron chi connectivity index (χ2n) is 6.12. The number of carbonyl (C=O) groups is 2. The molecule has 7 heteroatoms. The Bertz CT molecular complexity index is 803. The lowest BCUT2D eigenvalue weighted by molar-refractivity contribution is -0.274. The molecule has 0 spiro atoms. The fraction of sp³-hybridized carbons (Fsp3) is 0.263. The largest absolute Gasteiger partial charge is 0.573 e. The Kier molecular flexibility index (Phi) is 4.71. The lowest BCUT2D eigenvalue weighted by Gasteiger charge is -2.19. The number of ether oxygens (including phenoxy) is 1. The summed E-state index contributed by atoms with van der Waals surface area (Å²) in [4.78, 5) is 26.1. The number of halogens is 3.